The third-order valence-electron chi connectivity index (χ3n) is 2.03. The van der Waals surface area contributed by atoms with Crippen molar-refractivity contribution >= 4 is 23.2 Å². The first kappa shape index (κ1) is 12.5. The molecule has 0 radical (unpaired) electrons. The maximum Gasteiger partial charge on any atom is 0.124 e. The Kier molecular flexibility index (Phi) is 4.58. The standard InChI is InChI=1S/C11H12Cl2FN/c1-7(12)6-15-8(2)10-4-3-9(14)5-11(10)13/h3-5,8,15H,1,6H2,2H3. The molecule has 0 bridgehead atoms. The second-order valence-corrected chi connectivity index (χ2v) is 4.23. The fourth-order valence-electron chi connectivity index (χ4n) is 1.23. The molecule has 0 aliphatic heterocycles. The maximum atomic E-state index is 12.8. The minimum Gasteiger partial charge on any atom is -0.305 e. The lowest BCUT2D eigenvalue weighted by Crippen LogP contribution is -2.20. The van der Waals surface area contributed by atoms with Gasteiger partial charge in [-0.25, -0.2) is 4.39 Å². The lowest BCUT2D eigenvalue weighted by Gasteiger charge is -2.15. The van der Waals surface area contributed by atoms with Crippen molar-refractivity contribution in [1.29, 1.82) is 0 Å². The Morgan fingerprint density at radius 2 is 2.27 bits per heavy atom. The molecular formula is C11H12Cl2FN. The molecule has 15 heavy (non-hydrogen) atoms. The van der Waals surface area contributed by atoms with Gasteiger partial charge in [-0.15, -0.1) is 0 Å². The number of hydrogen-bond acceptors (Lipinski definition) is 1. The van der Waals surface area contributed by atoms with Crippen LogP contribution < -0.4 is 5.32 Å². The SMILES string of the molecule is C=C(Cl)CNC(C)c1ccc(F)cc1Cl. The summed E-state index contributed by atoms with van der Waals surface area (Å²) < 4.78 is 12.8. The van der Waals surface area contributed by atoms with Crippen molar-refractivity contribution in [1.82, 2.24) is 5.32 Å². The lowest BCUT2D eigenvalue weighted by molar-refractivity contribution is 0.604. The largest absolute Gasteiger partial charge is 0.305 e. The Balaban J connectivity index is 2.73. The molecule has 1 rings (SSSR count). The molecule has 0 saturated heterocycles. The zero-order valence-electron chi connectivity index (χ0n) is 8.36. The average Bonchev–Trinajstić information content (AvgIpc) is 2.14. The van der Waals surface area contributed by atoms with Gasteiger partial charge >= 0.3 is 0 Å². The van der Waals surface area contributed by atoms with E-state index in [1.807, 2.05) is 6.92 Å². The van der Waals surface area contributed by atoms with Crippen LogP contribution in [0, 0.1) is 5.82 Å². The number of halogens is 3. The van der Waals surface area contributed by atoms with Gasteiger partial charge in [-0.3, -0.25) is 0 Å². The van der Waals surface area contributed by atoms with Crippen LogP contribution in [0.5, 0.6) is 0 Å². The summed E-state index contributed by atoms with van der Waals surface area (Å²) in [6, 6.07) is 4.35. The lowest BCUT2D eigenvalue weighted by atomic mass is 10.1. The van der Waals surface area contributed by atoms with Gasteiger partial charge < -0.3 is 5.32 Å². The van der Waals surface area contributed by atoms with Gasteiger partial charge in [-0.05, 0) is 24.6 Å². The van der Waals surface area contributed by atoms with Crippen LogP contribution in [0.25, 0.3) is 0 Å². The molecule has 1 unspecified atom stereocenters. The highest BCUT2D eigenvalue weighted by molar-refractivity contribution is 6.31. The minimum absolute atomic E-state index is 0.00796. The van der Waals surface area contributed by atoms with Crippen molar-refractivity contribution in [3.63, 3.8) is 0 Å². The summed E-state index contributed by atoms with van der Waals surface area (Å²) in [5, 5.41) is 4.06. The normalized spacial score (nSPS) is 12.5. The molecule has 0 amide bonds. The van der Waals surface area contributed by atoms with Crippen LogP contribution in [0.1, 0.15) is 18.5 Å². The molecule has 0 saturated carbocycles. The summed E-state index contributed by atoms with van der Waals surface area (Å²) in [5.74, 6) is -0.335. The third kappa shape index (κ3) is 3.82. The Labute approximate surface area is 98.9 Å². The van der Waals surface area contributed by atoms with Gasteiger partial charge in [0.1, 0.15) is 5.82 Å². The van der Waals surface area contributed by atoms with Gasteiger partial charge in [-0.2, -0.15) is 0 Å². The van der Waals surface area contributed by atoms with E-state index in [1.54, 1.807) is 6.07 Å². The molecule has 0 heterocycles. The average molecular weight is 248 g/mol. The number of hydrogen-bond donors (Lipinski definition) is 1. The highest BCUT2D eigenvalue weighted by Gasteiger charge is 2.09. The molecule has 0 aromatic heterocycles. The zero-order chi connectivity index (χ0) is 11.4. The van der Waals surface area contributed by atoms with E-state index in [1.165, 1.54) is 12.1 Å². The summed E-state index contributed by atoms with van der Waals surface area (Å²) >= 11 is 11.5. The number of benzene rings is 1. The highest BCUT2D eigenvalue weighted by atomic mass is 35.5. The monoisotopic (exact) mass is 247 g/mol. The first-order valence-electron chi connectivity index (χ1n) is 4.52. The predicted octanol–water partition coefficient (Wildman–Crippen LogP) is 3.88. The Bertz CT molecular complexity index is 366. The number of nitrogens with one attached hydrogen (secondary N) is 1. The quantitative estimate of drug-likeness (QED) is 0.852. The topological polar surface area (TPSA) is 12.0 Å². The Hall–Kier alpha value is -0.570. The molecule has 1 N–H and O–H groups in total. The molecule has 4 heteroatoms. The molecule has 1 aromatic carbocycles. The van der Waals surface area contributed by atoms with E-state index < -0.39 is 0 Å². The smallest absolute Gasteiger partial charge is 0.124 e. The summed E-state index contributed by atoms with van der Waals surface area (Å²) in [6.45, 7) is 5.99. The van der Waals surface area contributed by atoms with E-state index in [4.69, 9.17) is 23.2 Å². The molecule has 0 aliphatic carbocycles. The molecule has 0 fully saturated rings. The minimum atomic E-state index is -0.335. The van der Waals surface area contributed by atoms with Crippen molar-refractivity contribution in [2.24, 2.45) is 0 Å². The van der Waals surface area contributed by atoms with Crippen molar-refractivity contribution in [3.8, 4) is 0 Å². The van der Waals surface area contributed by atoms with Gasteiger partial charge in [0.15, 0.2) is 0 Å². The zero-order valence-corrected chi connectivity index (χ0v) is 9.87. The molecule has 1 aromatic rings. The molecule has 0 spiro atoms. The Morgan fingerprint density at radius 1 is 1.60 bits per heavy atom. The van der Waals surface area contributed by atoms with Crippen LogP contribution in [0.3, 0.4) is 0 Å². The van der Waals surface area contributed by atoms with E-state index in [0.29, 0.717) is 16.6 Å². The van der Waals surface area contributed by atoms with Crippen LogP contribution in [-0.2, 0) is 0 Å². The van der Waals surface area contributed by atoms with E-state index >= 15 is 0 Å². The molecule has 1 atom stereocenters. The summed E-state index contributed by atoms with van der Waals surface area (Å²) in [5.41, 5.74) is 0.844. The second-order valence-electron chi connectivity index (χ2n) is 3.29. The van der Waals surface area contributed by atoms with Gasteiger partial charge in [0.2, 0.25) is 0 Å². The van der Waals surface area contributed by atoms with Gasteiger partial charge in [-0.1, -0.05) is 35.8 Å². The van der Waals surface area contributed by atoms with Crippen LogP contribution >= 0.6 is 23.2 Å². The van der Waals surface area contributed by atoms with E-state index in [0.717, 1.165) is 5.56 Å². The summed E-state index contributed by atoms with van der Waals surface area (Å²) in [7, 11) is 0. The predicted molar refractivity (Wildman–Crippen MR) is 62.8 cm³/mol. The molecular weight excluding hydrogens is 236 g/mol. The van der Waals surface area contributed by atoms with Crippen molar-refractivity contribution in [2.75, 3.05) is 6.54 Å². The van der Waals surface area contributed by atoms with Crippen molar-refractivity contribution in [2.45, 2.75) is 13.0 Å². The van der Waals surface area contributed by atoms with Crippen LogP contribution in [0.15, 0.2) is 29.8 Å². The van der Waals surface area contributed by atoms with Crippen LogP contribution in [0.4, 0.5) is 4.39 Å². The third-order valence-corrected chi connectivity index (χ3v) is 2.49. The van der Waals surface area contributed by atoms with Crippen molar-refractivity contribution < 1.29 is 4.39 Å². The first-order chi connectivity index (χ1) is 7.00. The molecule has 82 valence electrons. The van der Waals surface area contributed by atoms with Gasteiger partial charge in [0.25, 0.3) is 0 Å². The first-order valence-corrected chi connectivity index (χ1v) is 5.28. The summed E-state index contributed by atoms with van der Waals surface area (Å²) in [4.78, 5) is 0. The fraction of sp³-hybridized carbons (Fsp3) is 0.273. The summed E-state index contributed by atoms with van der Waals surface area (Å²) in [6.07, 6.45) is 0. The second kappa shape index (κ2) is 5.50. The fourth-order valence-corrected chi connectivity index (χ4v) is 1.63. The van der Waals surface area contributed by atoms with Crippen LogP contribution in [-0.4, -0.2) is 6.54 Å². The molecule has 1 nitrogen and oxygen atoms in total. The number of rotatable bonds is 4. The van der Waals surface area contributed by atoms with E-state index in [2.05, 4.69) is 11.9 Å². The Morgan fingerprint density at radius 3 is 2.80 bits per heavy atom. The highest BCUT2D eigenvalue weighted by Crippen LogP contribution is 2.23. The van der Waals surface area contributed by atoms with Gasteiger partial charge in [0, 0.05) is 22.6 Å². The van der Waals surface area contributed by atoms with E-state index in [9.17, 15) is 4.39 Å². The maximum absolute atomic E-state index is 12.8. The van der Waals surface area contributed by atoms with Gasteiger partial charge in [0.05, 0.1) is 0 Å². The molecule has 0 aliphatic rings. The van der Waals surface area contributed by atoms with Crippen molar-refractivity contribution in [3.05, 3.63) is 46.2 Å². The van der Waals surface area contributed by atoms with Crippen LogP contribution in [0.2, 0.25) is 5.02 Å². The van der Waals surface area contributed by atoms with E-state index in [-0.39, 0.29) is 11.9 Å².